The first-order valence-corrected chi connectivity index (χ1v) is 13.6. The third-order valence-corrected chi connectivity index (χ3v) is 6.22. The first-order chi connectivity index (χ1) is 15.2. The van der Waals surface area contributed by atoms with Crippen LogP contribution in [0.5, 0.6) is 0 Å². The summed E-state index contributed by atoms with van der Waals surface area (Å²) in [5.41, 5.74) is 4.99. The lowest BCUT2D eigenvalue weighted by atomic mass is 9.94. The SMILES string of the molecule is CC.CCCC(=O)CC(C)COCC(C)(C)CNC(=O)CC(C)(N)OCCC(C)(C)SCC. The Kier molecular flexibility index (Phi) is 18.6. The van der Waals surface area contributed by atoms with Crippen LogP contribution in [0.3, 0.4) is 0 Å². The van der Waals surface area contributed by atoms with Crippen molar-refractivity contribution in [3.8, 4) is 0 Å². The van der Waals surface area contributed by atoms with Crippen molar-refractivity contribution in [3.63, 3.8) is 0 Å². The first-order valence-electron chi connectivity index (χ1n) is 12.6. The third kappa shape index (κ3) is 20.5. The van der Waals surface area contributed by atoms with Gasteiger partial charge in [-0.2, -0.15) is 11.8 Å². The summed E-state index contributed by atoms with van der Waals surface area (Å²) in [5.74, 6) is 1.44. The number of nitrogens with two attached hydrogens (primary N) is 1. The van der Waals surface area contributed by atoms with E-state index in [1.807, 2.05) is 53.3 Å². The molecule has 0 aliphatic carbocycles. The lowest BCUT2D eigenvalue weighted by Gasteiger charge is -2.29. The molecule has 0 aromatic heterocycles. The third-order valence-electron chi connectivity index (χ3n) is 4.95. The van der Waals surface area contributed by atoms with Crippen LogP contribution in [0, 0.1) is 11.3 Å². The summed E-state index contributed by atoms with van der Waals surface area (Å²) < 4.78 is 11.8. The fraction of sp³-hybridized carbons (Fsp3) is 0.923. The van der Waals surface area contributed by atoms with Gasteiger partial charge in [0.15, 0.2) is 0 Å². The van der Waals surface area contributed by atoms with E-state index in [0.29, 0.717) is 45.0 Å². The van der Waals surface area contributed by atoms with E-state index in [9.17, 15) is 9.59 Å². The van der Waals surface area contributed by atoms with E-state index in [1.165, 1.54) is 0 Å². The highest BCUT2D eigenvalue weighted by atomic mass is 32.2. The molecule has 0 saturated carbocycles. The van der Waals surface area contributed by atoms with Gasteiger partial charge >= 0.3 is 0 Å². The Bertz CT molecular complexity index is 536. The molecule has 0 saturated heterocycles. The van der Waals surface area contributed by atoms with Crippen LogP contribution in [0.15, 0.2) is 0 Å². The van der Waals surface area contributed by atoms with Gasteiger partial charge in [-0.3, -0.25) is 9.59 Å². The Morgan fingerprint density at radius 1 is 1.09 bits per heavy atom. The maximum absolute atomic E-state index is 12.4. The zero-order valence-corrected chi connectivity index (χ0v) is 24.1. The minimum Gasteiger partial charge on any atom is -0.381 e. The van der Waals surface area contributed by atoms with Gasteiger partial charge < -0.3 is 20.5 Å². The van der Waals surface area contributed by atoms with Crippen LogP contribution in [-0.2, 0) is 19.1 Å². The molecule has 2 atom stereocenters. The number of ether oxygens (including phenoxy) is 2. The van der Waals surface area contributed by atoms with Crippen molar-refractivity contribution in [2.24, 2.45) is 17.1 Å². The Morgan fingerprint density at radius 3 is 2.24 bits per heavy atom. The monoisotopic (exact) mass is 490 g/mol. The predicted molar refractivity (Wildman–Crippen MR) is 143 cm³/mol. The molecule has 198 valence electrons. The molecular formula is C26H54N2O4S. The molecule has 0 spiro atoms. The lowest BCUT2D eigenvalue weighted by Crippen LogP contribution is -2.46. The zero-order valence-electron chi connectivity index (χ0n) is 23.3. The first kappa shape index (κ1) is 34.5. The van der Waals surface area contributed by atoms with E-state index < -0.39 is 5.72 Å². The maximum Gasteiger partial charge on any atom is 0.224 e. The Labute approximate surface area is 208 Å². The summed E-state index contributed by atoms with van der Waals surface area (Å²) in [5, 5.41) is 2.96. The Balaban J connectivity index is 0. The molecule has 0 aliphatic heterocycles. The smallest absolute Gasteiger partial charge is 0.224 e. The fourth-order valence-corrected chi connectivity index (χ4v) is 4.19. The maximum atomic E-state index is 12.4. The highest BCUT2D eigenvalue weighted by Crippen LogP contribution is 2.28. The summed E-state index contributed by atoms with van der Waals surface area (Å²) in [6, 6.07) is 0. The van der Waals surface area contributed by atoms with Crippen LogP contribution in [0.4, 0.5) is 0 Å². The topological polar surface area (TPSA) is 90.7 Å². The van der Waals surface area contributed by atoms with E-state index in [-0.39, 0.29) is 28.4 Å². The molecule has 0 aromatic carbocycles. The number of nitrogens with one attached hydrogen (secondary N) is 1. The van der Waals surface area contributed by atoms with Crippen LogP contribution in [0.2, 0.25) is 0 Å². The number of amides is 1. The molecule has 2 unspecified atom stereocenters. The number of Topliss-reactive ketones (excluding diaryl/α,β-unsaturated/α-hetero) is 1. The second-order valence-electron chi connectivity index (χ2n) is 10.3. The second kappa shape index (κ2) is 17.8. The summed E-state index contributed by atoms with van der Waals surface area (Å²) in [6.07, 6.45) is 3.09. The average Bonchev–Trinajstić information content (AvgIpc) is 2.67. The van der Waals surface area contributed by atoms with E-state index in [0.717, 1.165) is 18.6 Å². The zero-order chi connectivity index (χ0) is 26.1. The van der Waals surface area contributed by atoms with Gasteiger partial charge in [0.1, 0.15) is 11.5 Å². The van der Waals surface area contributed by atoms with Gasteiger partial charge in [-0.1, -0.05) is 62.3 Å². The van der Waals surface area contributed by atoms with Crippen LogP contribution in [0.25, 0.3) is 0 Å². The quantitative estimate of drug-likeness (QED) is 0.244. The molecule has 0 rings (SSSR count). The largest absolute Gasteiger partial charge is 0.381 e. The summed E-state index contributed by atoms with van der Waals surface area (Å²) in [6.45, 7) is 22.5. The molecular weight excluding hydrogens is 436 g/mol. The summed E-state index contributed by atoms with van der Waals surface area (Å²) in [4.78, 5) is 24.1. The van der Waals surface area contributed by atoms with E-state index in [1.54, 1.807) is 6.92 Å². The van der Waals surface area contributed by atoms with Gasteiger partial charge in [-0.05, 0) is 31.4 Å². The van der Waals surface area contributed by atoms with Crippen LogP contribution >= 0.6 is 11.8 Å². The van der Waals surface area contributed by atoms with Crippen molar-refractivity contribution >= 4 is 23.5 Å². The van der Waals surface area contributed by atoms with Crippen molar-refractivity contribution in [3.05, 3.63) is 0 Å². The van der Waals surface area contributed by atoms with Crippen molar-refractivity contribution in [2.75, 3.05) is 32.1 Å². The molecule has 6 nitrogen and oxygen atoms in total. The number of thioether (sulfide) groups is 1. The van der Waals surface area contributed by atoms with Crippen LogP contribution in [0.1, 0.15) is 101 Å². The van der Waals surface area contributed by atoms with E-state index in [2.05, 4.69) is 26.1 Å². The van der Waals surface area contributed by atoms with Crippen molar-refractivity contribution in [1.82, 2.24) is 5.32 Å². The lowest BCUT2D eigenvalue weighted by molar-refractivity contribution is -0.129. The van der Waals surface area contributed by atoms with Crippen molar-refractivity contribution < 1.29 is 19.1 Å². The highest BCUT2D eigenvalue weighted by molar-refractivity contribution is 8.00. The molecule has 33 heavy (non-hydrogen) atoms. The van der Waals surface area contributed by atoms with E-state index in [4.69, 9.17) is 15.2 Å². The van der Waals surface area contributed by atoms with E-state index >= 15 is 0 Å². The van der Waals surface area contributed by atoms with Gasteiger partial charge in [0, 0.05) is 36.2 Å². The Hall–Kier alpha value is -0.630. The fourth-order valence-electron chi connectivity index (χ4n) is 3.18. The molecule has 0 aliphatic rings. The molecule has 0 radical (unpaired) electrons. The van der Waals surface area contributed by atoms with Gasteiger partial charge in [-0.25, -0.2) is 0 Å². The van der Waals surface area contributed by atoms with Gasteiger partial charge in [-0.15, -0.1) is 0 Å². The van der Waals surface area contributed by atoms with Crippen molar-refractivity contribution in [1.29, 1.82) is 0 Å². The van der Waals surface area contributed by atoms with Gasteiger partial charge in [0.25, 0.3) is 0 Å². The molecule has 3 N–H and O–H groups in total. The molecule has 0 aromatic rings. The Morgan fingerprint density at radius 2 is 1.70 bits per heavy atom. The molecule has 1 amide bonds. The molecule has 0 fully saturated rings. The standard InChI is InChI=1S/C24H48N2O4S.C2H6/c1-9-11-20(27)14-19(3)16-29-18-22(4,5)17-26-21(28)15-24(8,25)30-13-12-23(6,7)31-10-2;1-2/h19H,9-18,25H2,1-8H3,(H,26,28);1-2H3. The number of carbonyl (C=O) groups is 2. The van der Waals surface area contributed by atoms with Crippen LogP contribution in [-0.4, -0.2) is 54.3 Å². The molecule has 7 heteroatoms. The number of carbonyl (C=O) groups excluding carboxylic acids is 2. The summed E-state index contributed by atoms with van der Waals surface area (Å²) in [7, 11) is 0. The van der Waals surface area contributed by atoms with Crippen molar-refractivity contribution in [2.45, 2.75) is 112 Å². The van der Waals surface area contributed by atoms with Gasteiger partial charge in [0.2, 0.25) is 5.91 Å². The minimum atomic E-state index is -0.988. The average molecular weight is 491 g/mol. The predicted octanol–water partition coefficient (Wildman–Crippen LogP) is 5.57. The number of rotatable bonds is 18. The molecule has 0 heterocycles. The highest BCUT2D eigenvalue weighted by Gasteiger charge is 2.27. The second-order valence-corrected chi connectivity index (χ2v) is 12.3. The van der Waals surface area contributed by atoms with Gasteiger partial charge in [0.05, 0.1) is 19.6 Å². The minimum absolute atomic E-state index is 0.113. The number of hydrogen-bond donors (Lipinski definition) is 2. The molecule has 0 bridgehead atoms. The number of ketones is 1. The van der Waals surface area contributed by atoms with Crippen LogP contribution < -0.4 is 11.1 Å². The summed E-state index contributed by atoms with van der Waals surface area (Å²) >= 11 is 1.89. The number of hydrogen-bond acceptors (Lipinski definition) is 6. The normalized spacial score (nSPS) is 14.6.